The molecular weight excluding hydrogens is 224 g/mol. The Morgan fingerprint density at radius 1 is 1.06 bits per heavy atom. The molecule has 0 bridgehead atoms. The summed E-state index contributed by atoms with van der Waals surface area (Å²) in [6.07, 6.45) is 2.34. The lowest BCUT2D eigenvalue weighted by Crippen LogP contribution is -2.14. The van der Waals surface area contributed by atoms with Gasteiger partial charge in [-0.1, -0.05) is 30.3 Å². The largest absolute Gasteiger partial charge is 0.383 e. The van der Waals surface area contributed by atoms with Gasteiger partial charge < -0.3 is 5.73 Å². The van der Waals surface area contributed by atoms with Gasteiger partial charge in [0, 0.05) is 17.5 Å². The summed E-state index contributed by atoms with van der Waals surface area (Å²) in [6, 6.07) is 11.7. The first-order valence-electron chi connectivity index (χ1n) is 6.14. The normalized spacial score (nSPS) is 14.3. The Balaban J connectivity index is 2.17. The molecule has 0 fully saturated rings. The van der Waals surface area contributed by atoms with Crippen molar-refractivity contribution in [3.63, 3.8) is 0 Å². The molecule has 1 aliphatic rings. The maximum Gasteiger partial charge on any atom is 0.164 e. The van der Waals surface area contributed by atoms with Crippen molar-refractivity contribution in [2.75, 3.05) is 5.73 Å². The Labute approximate surface area is 106 Å². The second-order valence-corrected chi connectivity index (χ2v) is 4.56. The van der Waals surface area contributed by atoms with Crippen LogP contribution < -0.4 is 5.73 Å². The molecule has 0 atom stereocenters. The number of aromatic nitrogens is 1. The van der Waals surface area contributed by atoms with Crippen molar-refractivity contribution in [1.29, 1.82) is 0 Å². The fourth-order valence-electron chi connectivity index (χ4n) is 2.40. The number of rotatable bonds is 1. The average Bonchev–Trinajstić information content (AvgIpc) is 2.39. The van der Waals surface area contributed by atoms with E-state index in [0.717, 1.165) is 35.2 Å². The van der Waals surface area contributed by atoms with Gasteiger partial charge in [0.15, 0.2) is 5.78 Å². The van der Waals surface area contributed by atoms with E-state index in [4.69, 9.17) is 5.73 Å². The van der Waals surface area contributed by atoms with Crippen LogP contribution in [0.3, 0.4) is 0 Å². The summed E-state index contributed by atoms with van der Waals surface area (Å²) in [4.78, 5) is 16.3. The molecule has 1 aromatic heterocycles. The number of hydrogen-bond donors (Lipinski definition) is 1. The van der Waals surface area contributed by atoms with E-state index in [1.807, 2.05) is 36.4 Å². The van der Waals surface area contributed by atoms with Gasteiger partial charge in [0.2, 0.25) is 0 Å². The van der Waals surface area contributed by atoms with Gasteiger partial charge in [-0.15, -0.1) is 0 Å². The van der Waals surface area contributed by atoms with Crippen LogP contribution >= 0.6 is 0 Å². The third kappa shape index (κ3) is 1.78. The smallest absolute Gasteiger partial charge is 0.164 e. The minimum atomic E-state index is 0.181. The van der Waals surface area contributed by atoms with Crippen LogP contribution in [0, 0.1) is 0 Å². The lowest BCUT2D eigenvalue weighted by atomic mass is 9.92. The molecule has 3 heteroatoms. The summed E-state index contributed by atoms with van der Waals surface area (Å²) in [5.41, 5.74) is 9.45. The highest BCUT2D eigenvalue weighted by Gasteiger charge is 2.20. The lowest BCUT2D eigenvalue weighted by molar-refractivity contribution is 0.0971. The molecule has 90 valence electrons. The SMILES string of the molecule is Nc1nc2c(cc1-c1ccccc1)C(=O)CCC2. The predicted molar refractivity (Wildman–Crippen MR) is 71.4 cm³/mol. The zero-order valence-corrected chi connectivity index (χ0v) is 10.0. The van der Waals surface area contributed by atoms with E-state index in [1.54, 1.807) is 0 Å². The molecule has 0 saturated heterocycles. The number of nitrogens with two attached hydrogens (primary N) is 1. The number of pyridine rings is 1. The second-order valence-electron chi connectivity index (χ2n) is 4.56. The fraction of sp³-hybridized carbons (Fsp3) is 0.200. The van der Waals surface area contributed by atoms with E-state index >= 15 is 0 Å². The first-order chi connectivity index (χ1) is 8.75. The van der Waals surface area contributed by atoms with Crippen molar-refractivity contribution in [2.45, 2.75) is 19.3 Å². The first kappa shape index (κ1) is 11.0. The van der Waals surface area contributed by atoms with Crippen molar-refractivity contribution in [3.8, 4) is 11.1 Å². The summed E-state index contributed by atoms with van der Waals surface area (Å²) in [6.45, 7) is 0. The average molecular weight is 238 g/mol. The number of hydrogen-bond acceptors (Lipinski definition) is 3. The molecule has 3 rings (SSSR count). The van der Waals surface area contributed by atoms with Crippen LogP contribution in [-0.2, 0) is 6.42 Å². The molecule has 0 unspecified atom stereocenters. The Kier molecular flexibility index (Phi) is 2.59. The number of carbonyl (C=O) groups excluding carboxylic acids is 1. The number of Topliss-reactive ketones (excluding diaryl/α,β-unsaturated/α-hetero) is 1. The zero-order chi connectivity index (χ0) is 12.5. The van der Waals surface area contributed by atoms with Gasteiger partial charge >= 0.3 is 0 Å². The van der Waals surface area contributed by atoms with Gasteiger partial charge in [-0.05, 0) is 24.5 Å². The summed E-state index contributed by atoms with van der Waals surface area (Å²) in [5.74, 6) is 0.690. The van der Waals surface area contributed by atoms with Crippen LogP contribution in [-0.4, -0.2) is 10.8 Å². The van der Waals surface area contributed by atoms with Gasteiger partial charge in [-0.3, -0.25) is 4.79 Å². The molecular formula is C15H14N2O. The van der Waals surface area contributed by atoms with Gasteiger partial charge in [0.05, 0.1) is 5.69 Å². The summed E-state index contributed by atoms with van der Waals surface area (Å²) >= 11 is 0. The second kappa shape index (κ2) is 4.26. The molecule has 0 saturated carbocycles. The highest BCUT2D eigenvalue weighted by Crippen LogP contribution is 2.29. The van der Waals surface area contributed by atoms with Gasteiger partial charge in [-0.2, -0.15) is 0 Å². The van der Waals surface area contributed by atoms with Crippen LogP contribution in [0.15, 0.2) is 36.4 Å². The fourth-order valence-corrected chi connectivity index (χ4v) is 2.40. The Bertz CT molecular complexity index is 605. The van der Waals surface area contributed by atoms with Crippen LogP contribution in [0.1, 0.15) is 28.9 Å². The first-order valence-corrected chi connectivity index (χ1v) is 6.14. The van der Waals surface area contributed by atoms with Crippen molar-refractivity contribution in [1.82, 2.24) is 4.98 Å². The standard InChI is InChI=1S/C15H14N2O/c16-15-11(10-5-2-1-3-6-10)9-12-13(17-15)7-4-8-14(12)18/h1-3,5-6,9H,4,7-8H2,(H2,16,17). The number of fused-ring (bicyclic) bond motifs is 1. The number of nitrogens with zero attached hydrogens (tertiary/aromatic N) is 1. The van der Waals surface area contributed by atoms with E-state index < -0.39 is 0 Å². The molecule has 3 nitrogen and oxygen atoms in total. The highest BCUT2D eigenvalue weighted by molar-refractivity contribution is 5.99. The maximum atomic E-state index is 11.9. The molecule has 1 aliphatic carbocycles. The Morgan fingerprint density at radius 3 is 2.61 bits per heavy atom. The van der Waals surface area contributed by atoms with E-state index in [2.05, 4.69) is 4.98 Å². The van der Waals surface area contributed by atoms with E-state index in [9.17, 15) is 4.79 Å². The van der Waals surface area contributed by atoms with Crippen molar-refractivity contribution >= 4 is 11.6 Å². The number of aryl methyl sites for hydroxylation is 1. The van der Waals surface area contributed by atoms with Crippen molar-refractivity contribution < 1.29 is 4.79 Å². The van der Waals surface area contributed by atoms with E-state index in [-0.39, 0.29) is 5.78 Å². The highest BCUT2D eigenvalue weighted by atomic mass is 16.1. The summed E-state index contributed by atoms with van der Waals surface area (Å²) in [5, 5.41) is 0. The number of benzene rings is 1. The summed E-state index contributed by atoms with van der Waals surface area (Å²) < 4.78 is 0. The topological polar surface area (TPSA) is 56.0 Å². The summed E-state index contributed by atoms with van der Waals surface area (Å²) in [7, 11) is 0. The Hall–Kier alpha value is -2.16. The van der Waals surface area contributed by atoms with Crippen LogP contribution in [0.5, 0.6) is 0 Å². The number of ketones is 1. The van der Waals surface area contributed by atoms with Gasteiger partial charge in [0.1, 0.15) is 5.82 Å². The van der Waals surface area contributed by atoms with Gasteiger partial charge in [-0.25, -0.2) is 4.98 Å². The molecule has 0 amide bonds. The van der Waals surface area contributed by atoms with Crippen LogP contribution in [0.4, 0.5) is 5.82 Å². The molecule has 2 aromatic rings. The van der Waals surface area contributed by atoms with Crippen LogP contribution in [0.25, 0.3) is 11.1 Å². The van der Waals surface area contributed by atoms with Gasteiger partial charge in [0.25, 0.3) is 0 Å². The maximum absolute atomic E-state index is 11.9. The van der Waals surface area contributed by atoms with Crippen LogP contribution in [0.2, 0.25) is 0 Å². The quantitative estimate of drug-likeness (QED) is 0.831. The van der Waals surface area contributed by atoms with Crippen molar-refractivity contribution in [3.05, 3.63) is 47.7 Å². The molecule has 0 spiro atoms. The third-order valence-corrected chi connectivity index (χ3v) is 3.33. The van der Waals surface area contributed by atoms with E-state index in [0.29, 0.717) is 12.2 Å². The molecule has 0 aliphatic heterocycles. The molecule has 2 N–H and O–H groups in total. The molecule has 0 radical (unpaired) electrons. The van der Waals surface area contributed by atoms with E-state index in [1.165, 1.54) is 0 Å². The minimum Gasteiger partial charge on any atom is -0.383 e. The number of nitrogen functional groups attached to an aromatic ring is 1. The number of carbonyl (C=O) groups is 1. The lowest BCUT2D eigenvalue weighted by Gasteiger charge is -2.16. The van der Waals surface area contributed by atoms with Crippen molar-refractivity contribution in [2.24, 2.45) is 0 Å². The molecule has 1 heterocycles. The Morgan fingerprint density at radius 2 is 1.83 bits per heavy atom. The zero-order valence-electron chi connectivity index (χ0n) is 10.0. The third-order valence-electron chi connectivity index (χ3n) is 3.33. The predicted octanol–water partition coefficient (Wildman–Crippen LogP) is 2.85. The minimum absolute atomic E-state index is 0.181. The monoisotopic (exact) mass is 238 g/mol. The molecule has 18 heavy (non-hydrogen) atoms. The number of anilines is 1. The molecule has 1 aromatic carbocycles.